The molecule has 2 rings (SSSR count). The van der Waals surface area contributed by atoms with Gasteiger partial charge in [-0.15, -0.1) is 0 Å². The van der Waals surface area contributed by atoms with Crippen LogP contribution >= 0.6 is 0 Å². The molecule has 1 aliphatic heterocycles. The highest BCUT2D eigenvalue weighted by Crippen LogP contribution is 2.29. The van der Waals surface area contributed by atoms with Gasteiger partial charge in [0, 0.05) is 12.2 Å². The summed E-state index contributed by atoms with van der Waals surface area (Å²) in [4.78, 5) is 25.6. The Morgan fingerprint density at radius 2 is 1.36 bits per heavy atom. The number of benzene rings is 1. The van der Waals surface area contributed by atoms with Gasteiger partial charge in [0.25, 0.3) is 11.8 Å². The first-order valence-electron chi connectivity index (χ1n) is 9.86. The second-order valence-electron chi connectivity index (χ2n) is 6.88. The standard InChI is InChI=1S/C22H31NO2/c1-3-5-7-9-12-18-13-11-15-20(19(18)14-10-8-6-4-2)23-21(24)16-17-22(23)25/h11,13,15-17H,3-10,12,14H2,1-2H3. The van der Waals surface area contributed by atoms with Gasteiger partial charge in [-0.05, 0) is 42.9 Å². The molecular formula is C22H31NO2. The van der Waals surface area contributed by atoms with Crippen LogP contribution in [0.4, 0.5) is 5.69 Å². The summed E-state index contributed by atoms with van der Waals surface area (Å²) < 4.78 is 0. The molecule has 0 aromatic heterocycles. The summed E-state index contributed by atoms with van der Waals surface area (Å²) >= 11 is 0. The minimum atomic E-state index is -0.219. The van der Waals surface area contributed by atoms with E-state index in [4.69, 9.17) is 0 Å². The Hall–Kier alpha value is -1.90. The molecule has 1 heterocycles. The molecule has 1 aromatic carbocycles. The summed E-state index contributed by atoms with van der Waals surface area (Å²) in [6.45, 7) is 4.43. The van der Waals surface area contributed by atoms with Crippen molar-refractivity contribution < 1.29 is 9.59 Å². The van der Waals surface area contributed by atoms with Crippen LogP contribution in [0.3, 0.4) is 0 Å². The van der Waals surface area contributed by atoms with Crippen LogP contribution in [0.1, 0.15) is 76.3 Å². The Balaban J connectivity index is 2.20. The molecule has 2 amide bonds. The molecule has 0 saturated carbocycles. The number of anilines is 1. The molecule has 0 unspecified atom stereocenters. The van der Waals surface area contributed by atoms with Crippen molar-refractivity contribution in [3.05, 3.63) is 41.5 Å². The normalized spacial score (nSPS) is 13.9. The molecule has 0 saturated heterocycles. The monoisotopic (exact) mass is 341 g/mol. The van der Waals surface area contributed by atoms with Crippen molar-refractivity contribution in [1.82, 2.24) is 0 Å². The zero-order valence-corrected chi connectivity index (χ0v) is 15.7. The van der Waals surface area contributed by atoms with E-state index in [-0.39, 0.29) is 11.8 Å². The Labute approximate surface area is 152 Å². The maximum absolute atomic E-state index is 12.1. The fourth-order valence-electron chi connectivity index (χ4n) is 3.46. The number of carbonyl (C=O) groups excluding carboxylic acids is 2. The van der Waals surface area contributed by atoms with Crippen LogP contribution in [0.5, 0.6) is 0 Å². The molecule has 3 heteroatoms. The van der Waals surface area contributed by atoms with Crippen LogP contribution in [0.15, 0.2) is 30.4 Å². The van der Waals surface area contributed by atoms with Crippen molar-refractivity contribution in [1.29, 1.82) is 0 Å². The number of aryl methyl sites for hydroxylation is 1. The van der Waals surface area contributed by atoms with Gasteiger partial charge in [-0.2, -0.15) is 0 Å². The van der Waals surface area contributed by atoms with E-state index in [0.717, 1.165) is 24.9 Å². The SMILES string of the molecule is CCCCCCc1cccc(N2C(=O)C=CC2=O)c1CCCCCC. The third-order valence-electron chi connectivity index (χ3n) is 4.88. The van der Waals surface area contributed by atoms with Crippen LogP contribution in [0, 0.1) is 0 Å². The average Bonchev–Trinajstić information content (AvgIpc) is 2.95. The highest BCUT2D eigenvalue weighted by atomic mass is 16.2. The minimum Gasteiger partial charge on any atom is -0.269 e. The maximum Gasteiger partial charge on any atom is 0.258 e. The van der Waals surface area contributed by atoms with E-state index in [1.54, 1.807) is 0 Å². The van der Waals surface area contributed by atoms with Gasteiger partial charge >= 0.3 is 0 Å². The molecule has 0 bridgehead atoms. The zero-order valence-electron chi connectivity index (χ0n) is 15.7. The third kappa shape index (κ3) is 5.29. The molecule has 0 radical (unpaired) electrons. The fourth-order valence-corrected chi connectivity index (χ4v) is 3.46. The highest BCUT2D eigenvalue weighted by Gasteiger charge is 2.27. The van der Waals surface area contributed by atoms with Crippen LogP contribution < -0.4 is 4.90 Å². The summed E-state index contributed by atoms with van der Waals surface area (Å²) in [6, 6.07) is 6.08. The molecule has 0 aliphatic carbocycles. The number of carbonyl (C=O) groups is 2. The topological polar surface area (TPSA) is 37.4 Å². The molecule has 0 spiro atoms. The fraction of sp³-hybridized carbons (Fsp3) is 0.545. The van der Waals surface area contributed by atoms with E-state index in [2.05, 4.69) is 19.9 Å². The van der Waals surface area contributed by atoms with Crippen LogP contribution in [-0.2, 0) is 22.4 Å². The van der Waals surface area contributed by atoms with Crippen molar-refractivity contribution in [2.45, 2.75) is 78.1 Å². The number of unbranched alkanes of at least 4 members (excludes halogenated alkanes) is 6. The lowest BCUT2D eigenvalue weighted by molar-refractivity contribution is -0.119. The zero-order chi connectivity index (χ0) is 18.1. The number of amides is 2. The van der Waals surface area contributed by atoms with Crippen molar-refractivity contribution in [2.75, 3.05) is 4.90 Å². The van der Waals surface area contributed by atoms with Gasteiger partial charge in [0.05, 0.1) is 5.69 Å². The second kappa shape index (κ2) is 10.2. The van der Waals surface area contributed by atoms with Gasteiger partial charge in [0.2, 0.25) is 0 Å². The molecule has 0 atom stereocenters. The molecule has 0 N–H and O–H groups in total. The van der Waals surface area contributed by atoms with Crippen molar-refractivity contribution >= 4 is 17.5 Å². The van der Waals surface area contributed by atoms with E-state index < -0.39 is 0 Å². The minimum absolute atomic E-state index is 0.219. The van der Waals surface area contributed by atoms with Crippen LogP contribution in [0.25, 0.3) is 0 Å². The summed E-state index contributed by atoms with van der Waals surface area (Å²) in [5.74, 6) is -0.439. The number of rotatable bonds is 11. The molecule has 3 nitrogen and oxygen atoms in total. The summed E-state index contributed by atoms with van der Waals surface area (Å²) in [6.07, 6.45) is 14.3. The second-order valence-corrected chi connectivity index (χ2v) is 6.88. The van der Waals surface area contributed by atoms with Gasteiger partial charge in [-0.1, -0.05) is 64.5 Å². The first-order valence-corrected chi connectivity index (χ1v) is 9.86. The Bertz CT molecular complexity index is 600. The van der Waals surface area contributed by atoms with E-state index in [1.807, 2.05) is 12.1 Å². The number of nitrogens with zero attached hydrogens (tertiary/aromatic N) is 1. The predicted octanol–water partition coefficient (Wildman–Crippen LogP) is 5.36. The van der Waals surface area contributed by atoms with Crippen LogP contribution in [-0.4, -0.2) is 11.8 Å². The summed E-state index contributed by atoms with van der Waals surface area (Å²) in [7, 11) is 0. The lowest BCUT2D eigenvalue weighted by atomic mass is 9.94. The largest absolute Gasteiger partial charge is 0.269 e. The van der Waals surface area contributed by atoms with E-state index in [9.17, 15) is 9.59 Å². The Morgan fingerprint density at radius 3 is 1.96 bits per heavy atom. The molecular weight excluding hydrogens is 310 g/mol. The molecule has 1 aliphatic rings. The smallest absolute Gasteiger partial charge is 0.258 e. The van der Waals surface area contributed by atoms with E-state index in [0.29, 0.717) is 0 Å². The van der Waals surface area contributed by atoms with Gasteiger partial charge < -0.3 is 0 Å². The summed E-state index contributed by atoms with van der Waals surface area (Å²) in [5, 5.41) is 0. The van der Waals surface area contributed by atoms with Crippen molar-refractivity contribution in [2.24, 2.45) is 0 Å². The van der Waals surface area contributed by atoms with Gasteiger partial charge in [-0.25, -0.2) is 4.90 Å². The Kier molecular flexibility index (Phi) is 7.90. The van der Waals surface area contributed by atoms with E-state index in [1.165, 1.54) is 73.1 Å². The molecule has 0 fully saturated rings. The predicted molar refractivity (Wildman–Crippen MR) is 104 cm³/mol. The van der Waals surface area contributed by atoms with E-state index >= 15 is 0 Å². The first-order chi connectivity index (χ1) is 12.2. The average molecular weight is 341 g/mol. The lowest BCUT2D eigenvalue weighted by Gasteiger charge is -2.21. The molecule has 25 heavy (non-hydrogen) atoms. The number of hydrogen-bond donors (Lipinski definition) is 0. The first kappa shape index (κ1) is 19.4. The van der Waals surface area contributed by atoms with Crippen molar-refractivity contribution in [3.8, 4) is 0 Å². The summed E-state index contributed by atoms with van der Waals surface area (Å²) in [5.41, 5.74) is 3.29. The molecule has 1 aromatic rings. The number of hydrogen-bond acceptors (Lipinski definition) is 2. The lowest BCUT2D eigenvalue weighted by Crippen LogP contribution is -2.30. The quantitative estimate of drug-likeness (QED) is 0.401. The third-order valence-corrected chi connectivity index (χ3v) is 4.88. The van der Waals surface area contributed by atoms with Gasteiger partial charge in [0.15, 0.2) is 0 Å². The van der Waals surface area contributed by atoms with Crippen molar-refractivity contribution in [3.63, 3.8) is 0 Å². The van der Waals surface area contributed by atoms with Gasteiger partial charge in [-0.3, -0.25) is 9.59 Å². The highest BCUT2D eigenvalue weighted by molar-refractivity contribution is 6.28. The number of imide groups is 1. The van der Waals surface area contributed by atoms with Crippen LogP contribution in [0.2, 0.25) is 0 Å². The molecule has 136 valence electrons. The van der Waals surface area contributed by atoms with Gasteiger partial charge in [0.1, 0.15) is 0 Å². The maximum atomic E-state index is 12.1. The Morgan fingerprint density at radius 1 is 0.760 bits per heavy atom.